The van der Waals surface area contributed by atoms with E-state index in [1.165, 1.54) is 5.56 Å². The van der Waals surface area contributed by atoms with E-state index >= 15 is 0 Å². The Morgan fingerprint density at radius 1 is 1.20 bits per heavy atom. The Balaban J connectivity index is 1.74. The number of nitrogens with zero attached hydrogens (tertiary/aromatic N) is 1. The Labute approximate surface area is 128 Å². The van der Waals surface area contributed by atoms with Crippen molar-refractivity contribution in [2.45, 2.75) is 31.7 Å². The third-order valence-corrected chi connectivity index (χ3v) is 4.97. The second-order valence-corrected chi connectivity index (χ2v) is 6.70. The van der Waals surface area contributed by atoms with Gasteiger partial charge in [0.15, 0.2) is 0 Å². The van der Waals surface area contributed by atoms with Crippen molar-refractivity contribution < 1.29 is 4.79 Å². The molecule has 0 aliphatic carbocycles. The van der Waals surface area contributed by atoms with Crippen LogP contribution in [0.2, 0.25) is 0 Å². The average molecular weight is 337 g/mol. The molecule has 2 unspecified atom stereocenters. The average Bonchev–Trinajstić information content (AvgIpc) is 2.97. The van der Waals surface area contributed by atoms with E-state index in [-0.39, 0.29) is 12.0 Å². The van der Waals surface area contributed by atoms with E-state index in [1.807, 2.05) is 0 Å². The molecular weight excluding hydrogens is 316 g/mol. The number of carbonyl (C=O) groups excluding carboxylic acids is 1. The van der Waals surface area contributed by atoms with Gasteiger partial charge >= 0.3 is 0 Å². The standard InChI is InChI=1S/C16H21BrN2O/c17-14-7-5-12(6-8-14)15-4-2-10-19(15)16(20)13-3-1-9-18-11-13/h5-8,13,15,18H,1-4,9-11H2. The summed E-state index contributed by atoms with van der Waals surface area (Å²) >= 11 is 3.47. The Morgan fingerprint density at radius 2 is 2.00 bits per heavy atom. The molecule has 4 heteroatoms. The van der Waals surface area contributed by atoms with Gasteiger partial charge in [-0.1, -0.05) is 28.1 Å². The van der Waals surface area contributed by atoms with Gasteiger partial charge in [-0.05, 0) is 49.9 Å². The number of piperidine rings is 1. The van der Waals surface area contributed by atoms with Gasteiger partial charge in [-0.2, -0.15) is 0 Å². The van der Waals surface area contributed by atoms with Crippen LogP contribution < -0.4 is 5.32 Å². The minimum Gasteiger partial charge on any atom is -0.335 e. The molecule has 1 aromatic carbocycles. The predicted octanol–water partition coefficient (Wildman–Crippen LogP) is 3.11. The topological polar surface area (TPSA) is 32.3 Å². The molecule has 20 heavy (non-hydrogen) atoms. The number of rotatable bonds is 2. The summed E-state index contributed by atoms with van der Waals surface area (Å²) in [5, 5.41) is 3.35. The molecule has 108 valence electrons. The Hall–Kier alpha value is -0.870. The first-order valence-electron chi connectivity index (χ1n) is 7.52. The van der Waals surface area contributed by atoms with Crippen LogP contribution in [0.3, 0.4) is 0 Å². The number of likely N-dealkylation sites (tertiary alicyclic amines) is 1. The molecule has 3 rings (SSSR count). The molecule has 2 saturated heterocycles. The molecule has 2 heterocycles. The fourth-order valence-electron chi connectivity index (χ4n) is 3.36. The highest BCUT2D eigenvalue weighted by molar-refractivity contribution is 9.10. The summed E-state index contributed by atoms with van der Waals surface area (Å²) in [5.74, 6) is 0.530. The van der Waals surface area contributed by atoms with Crippen molar-refractivity contribution >= 4 is 21.8 Å². The predicted molar refractivity (Wildman–Crippen MR) is 83.4 cm³/mol. The highest BCUT2D eigenvalue weighted by Gasteiger charge is 2.34. The molecule has 0 bridgehead atoms. The quantitative estimate of drug-likeness (QED) is 0.899. The molecule has 0 radical (unpaired) electrons. The largest absolute Gasteiger partial charge is 0.335 e. The Bertz CT molecular complexity index is 468. The highest BCUT2D eigenvalue weighted by atomic mass is 79.9. The highest BCUT2D eigenvalue weighted by Crippen LogP contribution is 2.34. The third-order valence-electron chi connectivity index (χ3n) is 4.44. The van der Waals surface area contributed by atoms with Crippen molar-refractivity contribution in [1.82, 2.24) is 10.2 Å². The maximum Gasteiger partial charge on any atom is 0.227 e. The lowest BCUT2D eigenvalue weighted by Crippen LogP contribution is -2.42. The smallest absolute Gasteiger partial charge is 0.227 e. The maximum absolute atomic E-state index is 12.7. The Kier molecular flexibility index (Phi) is 4.41. The van der Waals surface area contributed by atoms with Gasteiger partial charge in [-0.25, -0.2) is 0 Å². The molecule has 1 N–H and O–H groups in total. The fraction of sp³-hybridized carbons (Fsp3) is 0.562. The van der Waals surface area contributed by atoms with Crippen LogP contribution >= 0.6 is 15.9 Å². The van der Waals surface area contributed by atoms with Gasteiger partial charge in [0.05, 0.1) is 12.0 Å². The summed E-state index contributed by atoms with van der Waals surface area (Å²) in [5.41, 5.74) is 1.27. The zero-order valence-electron chi connectivity index (χ0n) is 11.6. The van der Waals surface area contributed by atoms with E-state index in [0.717, 1.165) is 49.8 Å². The van der Waals surface area contributed by atoms with Crippen molar-refractivity contribution in [3.05, 3.63) is 34.3 Å². The lowest BCUT2D eigenvalue weighted by Gasteiger charge is -2.31. The van der Waals surface area contributed by atoms with Gasteiger partial charge in [0.25, 0.3) is 0 Å². The molecule has 2 aliphatic heterocycles. The molecule has 2 atom stereocenters. The second-order valence-electron chi connectivity index (χ2n) is 5.78. The number of hydrogen-bond acceptors (Lipinski definition) is 2. The van der Waals surface area contributed by atoms with Crippen molar-refractivity contribution in [3.8, 4) is 0 Å². The number of halogens is 1. The first kappa shape index (κ1) is 14.1. The van der Waals surface area contributed by atoms with E-state index in [2.05, 4.69) is 50.4 Å². The first-order valence-corrected chi connectivity index (χ1v) is 8.31. The number of carbonyl (C=O) groups is 1. The van der Waals surface area contributed by atoms with E-state index in [0.29, 0.717) is 5.91 Å². The van der Waals surface area contributed by atoms with Crippen LogP contribution in [0.15, 0.2) is 28.7 Å². The third kappa shape index (κ3) is 2.91. The maximum atomic E-state index is 12.7. The van der Waals surface area contributed by atoms with E-state index < -0.39 is 0 Å². The number of amides is 1. The molecule has 2 fully saturated rings. The van der Waals surface area contributed by atoms with Crippen molar-refractivity contribution in [1.29, 1.82) is 0 Å². The molecule has 1 amide bonds. The molecule has 0 aromatic heterocycles. The molecule has 0 spiro atoms. The summed E-state index contributed by atoms with van der Waals surface area (Å²) < 4.78 is 1.09. The second kappa shape index (κ2) is 6.27. The van der Waals surface area contributed by atoms with Crippen LogP contribution in [-0.2, 0) is 4.79 Å². The summed E-state index contributed by atoms with van der Waals surface area (Å²) in [7, 11) is 0. The van der Waals surface area contributed by atoms with E-state index in [1.54, 1.807) is 0 Å². The van der Waals surface area contributed by atoms with E-state index in [9.17, 15) is 4.79 Å². The minimum atomic E-state index is 0.180. The van der Waals surface area contributed by atoms with Gasteiger partial charge < -0.3 is 10.2 Å². The molecule has 1 aromatic rings. The molecule has 2 aliphatic rings. The van der Waals surface area contributed by atoms with Crippen LogP contribution in [-0.4, -0.2) is 30.4 Å². The summed E-state index contributed by atoms with van der Waals surface area (Å²) in [6, 6.07) is 8.69. The molecule has 0 saturated carbocycles. The van der Waals surface area contributed by atoms with E-state index in [4.69, 9.17) is 0 Å². The number of hydrogen-bond donors (Lipinski definition) is 1. The van der Waals surface area contributed by atoms with Crippen molar-refractivity contribution in [2.24, 2.45) is 5.92 Å². The Morgan fingerprint density at radius 3 is 2.70 bits per heavy atom. The monoisotopic (exact) mass is 336 g/mol. The SMILES string of the molecule is O=C(C1CCCNC1)N1CCCC1c1ccc(Br)cc1. The summed E-state index contributed by atoms with van der Waals surface area (Å²) in [6.07, 6.45) is 4.36. The zero-order chi connectivity index (χ0) is 13.9. The lowest BCUT2D eigenvalue weighted by molar-refractivity contribution is -0.137. The molecular formula is C16H21BrN2O. The van der Waals surface area contributed by atoms with Gasteiger partial charge in [-0.3, -0.25) is 4.79 Å². The molecule has 3 nitrogen and oxygen atoms in total. The van der Waals surface area contributed by atoms with Gasteiger partial charge in [0, 0.05) is 17.6 Å². The fourth-order valence-corrected chi connectivity index (χ4v) is 3.62. The summed E-state index contributed by atoms with van der Waals surface area (Å²) in [6.45, 7) is 2.82. The van der Waals surface area contributed by atoms with Crippen LogP contribution in [0.25, 0.3) is 0 Å². The normalized spacial score (nSPS) is 26.8. The van der Waals surface area contributed by atoms with Gasteiger partial charge in [-0.15, -0.1) is 0 Å². The minimum absolute atomic E-state index is 0.180. The van der Waals surface area contributed by atoms with Gasteiger partial charge in [0.2, 0.25) is 5.91 Å². The van der Waals surface area contributed by atoms with Crippen LogP contribution in [0.1, 0.15) is 37.3 Å². The lowest BCUT2D eigenvalue weighted by atomic mass is 9.97. The van der Waals surface area contributed by atoms with Crippen LogP contribution in [0.4, 0.5) is 0 Å². The number of nitrogens with one attached hydrogen (secondary N) is 1. The van der Waals surface area contributed by atoms with Crippen molar-refractivity contribution in [3.63, 3.8) is 0 Å². The van der Waals surface area contributed by atoms with Crippen LogP contribution in [0.5, 0.6) is 0 Å². The van der Waals surface area contributed by atoms with Crippen molar-refractivity contribution in [2.75, 3.05) is 19.6 Å². The first-order chi connectivity index (χ1) is 9.75. The van der Waals surface area contributed by atoms with Crippen LogP contribution in [0, 0.1) is 5.92 Å². The summed E-state index contributed by atoms with van der Waals surface area (Å²) in [4.78, 5) is 14.8. The zero-order valence-corrected chi connectivity index (χ0v) is 13.2. The number of benzene rings is 1. The van der Waals surface area contributed by atoms with Gasteiger partial charge in [0.1, 0.15) is 0 Å².